The van der Waals surface area contributed by atoms with Crippen molar-refractivity contribution in [2.24, 2.45) is 16.5 Å². The summed E-state index contributed by atoms with van der Waals surface area (Å²) in [6.07, 6.45) is 0.163. The predicted molar refractivity (Wildman–Crippen MR) is 57.9 cm³/mol. The van der Waals surface area contributed by atoms with Gasteiger partial charge in [0.15, 0.2) is 0 Å². The molecule has 0 aromatic carbocycles. The molecule has 0 aromatic rings. The molecule has 0 saturated carbocycles. The lowest BCUT2D eigenvalue weighted by Gasteiger charge is -2.24. The van der Waals surface area contributed by atoms with Gasteiger partial charge in [-0.05, 0) is 19.8 Å². The summed E-state index contributed by atoms with van der Waals surface area (Å²) >= 11 is 0. The SMILES string of the molecule is CC(C)O/N=C(/C(C)C)C(C)(C)C. The molecule has 0 radical (unpaired) electrons. The smallest absolute Gasteiger partial charge is 0.122 e. The van der Waals surface area contributed by atoms with Gasteiger partial charge in [0, 0.05) is 5.41 Å². The van der Waals surface area contributed by atoms with E-state index < -0.39 is 0 Å². The van der Waals surface area contributed by atoms with Crippen molar-refractivity contribution >= 4 is 5.71 Å². The normalized spacial score (nSPS) is 14.1. The van der Waals surface area contributed by atoms with Crippen LogP contribution in [0.1, 0.15) is 48.5 Å². The lowest BCUT2D eigenvalue weighted by Crippen LogP contribution is -2.26. The second kappa shape index (κ2) is 4.64. The highest BCUT2D eigenvalue weighted by atomic mass is 16.6. The van der Waals surface area contributed by atoms with Gasteiger partial charge in [0.05, 0.1) is 5.71 Å². The van der Waals surface area contributed by atoms with Crippen LogP contribution >= 0.6 is 0 Å². The quantitative estimate of drug-likeness (QED) is 0.487. The van der Waals surface area contributed by atoms with Crippen LogP contribution < -0.4 is 0 Å². The molecule has 0 spiro atoms. The Hall–Kier alpha value is -0.530. The molecule has 0 aromatic heterocycles. The predicted octanol–water partition coefficient (Wildman–Crippen LogP) is 3.47. The van der Waals surface area contributed by atoms with Crippen molar-refractivity contribution in [2.45, 2.75) is 54.6 Å². The maximum Gasteiger partial charge on any atom is 0.122 e. The van der Waals surface area contributed by atoms with Crippen LogP contribution in [0.3, 0.4) is 0 Å². The van der Waals surface area contributed by atoms with Crippen LogP contribution in [0.5, 0.6) is 0 Å². The Morgan fingerprint density at radius 1 is 1.08 bits per heavy atom. The molecule has 0 aliphatic carbocycles. The summed E-state index contributed by atoms with van der Waals surface area (Å²) in [5, 5.41) is 4.21. The third-order valence-electron chi connectivity index (χ3n) is 1.68. The van der Waals surface area contributed by atoms with Crippen LogP contribution in [-0.2, 0) is 4.84 Å². The second-order valence-corrected chi connectivity index (χ2v) is 5.04. The van der Waals surface area contributed by atoms with E-state index in [0.29, 0.717) is 5.92 Å². The molecule has 0 aliphatic rings. The fourth-order valence-corrected chi connectivity index (χ4v) is 1.27. The third-order valence-corrected chi connectivity index (χ3v) is 1.68. The van der Waals surface area contributed by atoms with E-state index in [1.165, 1.54) is 0 Å². The van der Waals surface area contributed by atoms with Crippen LogP contribution in [0.15, 0.2) is 5.16 Å². The first kappa shape index (κ1) is 12.5. The minimum atomic E-state index is 0.100. The molecule has 0 amide bonds. The Morgan fingerprint density at radius 2 is 1.54 bits per heavy atom. The van der Waals surface area contributed by atoms with Gasteiger partial charge in [0.1, 0.15) is 6.10 Å². The van der Waals surface area contributed by atoms with E-state index in [0.717, 1.165) is 5.71 Å². The average molecular weight is 185 g/mol. The highest BCUT2D eigenvalue weighted by Crippen LogP contribution is 2.22. The maximum atomic E-state index is 5.28. The van der Waals surface area contributed by atoms with Crippen molar-refractivity contribution in [2.75, 3.05) is 0 Å². The molecule has 13 heavy (non-hydrogen) atoms. The topological polar surface area (TPSA) is 21.6 Å². The molecule has 78 valence electrons. The van der Waals surface area contributed by atoms with Crippen molar-refractivity contribution in [1.82, 2.24) is 0 Å². The molecule has 0 N–H and O–H groups in total. The summed E-state index contributed by atoms with van der Waals surface area (Å²) in [5.74, 6) is 0.443. The van der Waals surface area contributed by atoms with Crippen molar-refractivity contribution in [1.29, 1.82) is 0 Å². The van der Waals surface area contributed by atoms with E-state index in [1.807, 2.05) is 13.8 Å². The summed E-state index contributed by atoms with van der Waals surface area (Å²) in [5.41, 5.74) is 1.23. The monoisotopic (exact) mass is 185 g/mol. The Labute approximate surface area is 82.4 Å². The van der Waals surface area contributed by atoms with Gasteiger partial charge in [-0.2, -0.15) is 0 Å². The lowest BCUT2D eigenvalue weighted by molar-refractivity contribution is 0.0824. The van der Waals surface area contributed by atoms with Gasteiger partial charge in [-0.25, -0.2) is 0 Å². The van der Waals surface area contributed by atoms with Gasteiger partial charge in [-0.15, -0.1) is 0 Å². The van der Waals surface area contributed by atoms with Gasteiger partial charge >= 0.3 is 0 Å². The van der Waals surface area contributed by atoms with E-state index in [9.17, 15) is 0 Å². The van der Waals surface area contributed by atoms with E-state index in [4.69, 9.17) is 4.84 Å². The van der Waals surface area contributed by atoms with Gasteiger partial charge in [0.2, 0.25) is 0 Å². The van der Waals surface area contributed by atoms with Gasteiger partial charge in [0.25, 0.3) is 0 Å². The zero-order chi connectivity index (χ0) is 10.6. The summed E-state index contributed by atoms with van der Waals surface area (Å²) in [6.45, 7) is 14.8. The molecular weight excluding hydrogens is 162 g/mol. The molecular formula is C11H23NO. The van der Waals surface area contributed by atoms with E-state index in [2.05, 4.69) is 39.8 Å². The van der Waals surface area contributed by atoms with Gasteiger partial charge in [-0.3, -0.25) is 0 Å². The van der Waals surface area contributed by atoms with Crippen LogP contribution in [0.2, 0.25) is 0 Å². The summed E-state index contributed by atoms with van der Waals surface area (Å²) in [6, 6.07) is 0. The van der Waals surface area contributed by atoms with Gasteiger partial charge < -0.3 is 4.84 Å². The second-order valence-electron chi connectivity index (χ2n) is 5.04. The molecule has 0 bridgehead atoms. The summed E-state index contributed by atoms with van der Waals surface area (Å²) in [4.78, 5) is 5.28. The van der Waals surface area contributed by atoms with E-state index >= 15 is 0 Å². The Bertz CT molecular complexity index is 175. The number of nitrogens with zero attached hydrogens (tertiary/aromatic N) is 1. The van der Waals surface area contributed by atoms with Crippen molar-refractivity contribution in [3.05, 3.63) is 0 Å². The van der Waals surface area contributed by atoms with E-state index in [-0.39, 0.29) is 11.5 Å². The van der Waals surface area contributed by atoms with Crippen molar-refractivity contribution in [3.8, 4) is 0 Å². The third kappa shape index (κ3) is 4.91. The Morgan fingerprint density at radius 3 is 1.77 bits per heavy atom. The number of hydrogen-bond donors (Lipinski definition) is 0. The minimum Gasteiger partial charge on any atom is -0.393 e. The van der Waals surface area contributed by atoms with Crippen molar-refractivity contribution < 1.29 is 4.84 Å². The zero-order valence-electron chi connectivity index (χ0n) is 10.0. The molecule has 0 aliphatic heterocycles. The first-order valence-electron chi connectivity index (χ1n) is 4.99. The molecule has 0 fully saturated rings. The molecule has 0 rings (SSSR count). The number of rotatable bonds is 3. The van der Waals surface area contributed by atoms with Gasteiger partial charge in [-0.1, -0.05) is 39.8 Å². The minimum absolute atomic E-state index is 0.100. The van der Waals surface area contributed by atoms with Crippen LogP contribution in [-0.4, -0.2) is 11.8 Å². The van der Waals surface area contributed by atoms with Crippen LogP contribution in [0.4, 0.5) is 0 Å². The molecule has 2 nitrogen and oxygen atoms in total. The maximum absolute atomic E-state index is 5.28. The summed E-state index contributed by atoms with van der Waals surface area (Å²) in [7, 11) is 0. The molecule has 2 heteroatoms. The Kier molecular flexibility index (Phi) is 4.45. The molecule has 0 unspecified atom stereocenters. The highest BCUT2D eigenvalue weighted by Gasteiger charge is 2.22. The van der Waals surface area contributed by atoms with Crippen LogP contribution in [0, 0.1) is 11.3 Å². The number of hydrogen-bond acceptors (Lipinski definition) is 2. The summed E-state index contributed by atoms with van der Waals surface area (Å²) < 4.78 is 0. The highest BCUT2D eigenvalue weighted by molar-refractivity contribution is 5.90. The molecule has 0 heterocycles. The standard InChI is InChI=1S/C11H23NO/c1-8(2)10(11(5,6)7)12-13-9(3)4/h8-9H,1-7H3/b12-10-. The first-order chi connectivity index (χ1) is 5.75. The first-order valence-corrected chi connectivity index (χ1v) is 4.99. The van der Waals surface area contributed by atoms with Crippen LogP contribution in [0.25, 0.3) is 0 Å². The molecule has 0 atom stereocenters. The lowest BCUT2D eigenvalue weighted by atomic mass is 9.84. The van der Waals surface area contributed by atoms with E-state index in [1.54, 1.807) is 0 Å². The number of oxime groups is 1. The Balaban J connectivity index is 4.52. The zero-order valence-corrected chi connectivity index (χ0v) is 10.0. The largest absolute Gasteiger partial charge is 0.393 e. The fraction of sp³-hybridized carbons (Fsp3) is 0.909. The average Bonchev–Trinajstić information content (AvgIpc) is 1.81. The molecule has 0 saturated heterocycles. The fourth-order valence-electron chi connectivity index (χ4n) is 1.27. The van der Waals surface area contributed by atoms with Crippen molar-refractivity contribution in [3.63, 3.8) is 0 Å².